The first-order chi connectivity index (χ1) is 29.8. The van der Waals surface area contributed by atoms with Gasteiger partial charge < -0.3 is 79.5 Å². The number of carboxylic acid groups (broad SMARTS) is 1. The van der Waals surface area contributed by atoms with Gasteiger partial charge in [-0.15, -0.1) is 0 Å². The van der Waals surface area contributed by atoms with Gasteiger partial charge in [-0.1, -0.05) is 60.1 Å². The van der Waals surface area contributed by atoms with E-state index in [4.69, 9.17) is 28.4 Å². The summed E-state index contributed by atoms with van der Waals surface area (Å²) >= 11 is 0. The van der Waals surface area contributed by atoms with Gasteiger partial charge in [0.2, 0.25) is 0 Å². The molecule has 7 fully saturated rings. The summed E-state index contributed by atoms with van der Waals surface area (Å²) in [4.78, 5) is 12.4. The lowest BCUT2D eigenvalue weighted by Crippen LogP contribution is -2.68. The highest BCUT2D eigenvalue weighted by atomic mass is 16.8. The van der Waals surface area contributed by atoms with Crippen LogP contribution >= 0.6 is 0 Å². The molecule has 17 heteroatoms. The molecule has 0 unspecified atom stereocenters. The van der Waals surface area contributed by atoms with Gasteiger partial charge in [0.05, 0.1) is 31.5 Å². The van der Waals surface area contributed by atoms with Crippen LogP contribution in [0.1, 0.15) is 113 Å². The van der Waals surface area contributed by atoms with Crippen LogP contribution in [0, 0.1) is 50.2 Å². The monoisotopic (exact) mass is 913 g/mol. The number of fused-ring (bicyclic) bond motifs is 7. The Morgan fingerprint density at radius 1 is 0.703 bits per heavy atom. The Bertz CT molecular complexity index is 1760. The van der Waals surface area contributed by atoms with Crippen LogP contribution in [0.2, 0.25) is 0 Å². The second-order valence-corrected chi connectivity index (χ2v) is 23.2. The third-order valence-corrected chi connectivity index (χ3v) is 19.1. The van der Waals surface area contributed by atoms with Crippen molar-refractivity contribution in [3.63, 3.8) is 0 Å². The minimum atomic E-state index is -2.01. The van der Waals surface area contributed by atoms with Gasteiger partial charge in [0, 0.05) is 10.8 Å². The fraction of sp³-hybridized carbons (Fsp3) is 0.936. The Hall–Kier alpha value is -1.39. The Morgan fingerprint density at radius 2 is 1.38 bits per heavy atom. The molecule has 0 amide bonds. The van der Waals surface area contributed by atoms with Crippen LogP contribution in [0.4, 0.5) is 0 Å². The molecule has 8 aliphatic rings. The molecule has 64 heavy (non-hydrogen) atoms. The van der Waals surface area contributed by atoms with E-state index in [0.717, 1.165) is 44.9 Å². The van der Waals surface area contributed by atoms with Crippen molar-refractivity contribution in [2.45, 2.75) is 211 Å². The second-order valence-electron chi connectivity index (χ2n) is 23.2. The second kappa shape index (κ2) is 16.9. The van der Waals surface area contributed by atoms with E-state index in [2.05, 4.69) is 47.6 Å². The zero-order chi connectivity index (χ0) is 46.9. The van der Waals surface area contributed by atoms with Crippen molar-refractivity contribution in [1.82, 2.24) is 0 Å². The minimum Gasteiger partial charge on any atom is -0.479 e. The van der Waals surface area contributed by atoms with Crippen molar-refractivity contribution in [2.75, 3.05) is 13.2 Å². The lowest BCUT2D eigenvalue weighted by molar-refractivity contribution is -0.387. The van der Waals surface area contributed by atoms with Crippen molar-refractivity contribution >= 4 is 5.97 Å². The lowest BCUT2D eigenvalue weighted by atomic mass is 9.33. The average Bonchev–Trinajstić information content (AvgIpc) is 3.22. The molecule has 3 saturated heterocycles. The van der Waals surface area contributed by atoms with Gasteiger partial charge in [0.25, 0.3) is 0 Å². The molecule has 17 nitrogen and oxygen atoms in total. The number of aliphatic carboxylic acids is 1. The smallest absolute Gasteiger partial charge is 0.335 e. The van der Waals surface area contributed by atoms with Crippen molar-refractivity contribution in [1.29, 1.82) is 0 Å². The highest BCUT2D eigenvalue weighted by Gasteiger charge is 2.70. The molecule has 0 aromatic heterocycles. The number of aliphatic hydroxyl groups excluding tert-OH is 9. The lowest BCUT2D eigenvalue weighted by Gasteiger charge is -2.72. The van der Waals surface area contributed by atoms with Gasteiger partial charge in [-0.3, -0.25) is 0 Å². The molecular weight excluding hydrogens is 837 g/mol. The standard InChI is InChI=1S/C47H76O17/c1-21-29(51)31(53)34(56)39(60-21)63-36-30(52)24(49)19-59-40(36)64-37-33(55)32(54)35(38(57)58)62-41(37)61-28-12-13-44(5)25(45(28,6)20-48)11-14-47(8)26(44)10-9-22-23-17-42(2,3)18-27(50)43(23,4)15-16-46(22,47)7/h9,21,23-37,39-41,48-56H,10-20H2,1-8H3,(H,57,58)/t21-,23-,24+,25+,26+,27+,28-,29-,30-,31+,32-,33+,34+,35-,36+,37+,39-,40-,41+,43+,44-,45+,46+,47+/m0/s1. The van der Waals surface area contributed by atoms with Crippen LogP contribution in [0.25, 0.3) is 0 Å². The third-order valence-electron chi connectivity index (χ3n) is 19.1. The predicted octanol–water partition coefficient (Wildman–Crippen LogP) is 1.34. The van der Waals surface area contributed by atoms with E-state index in [-0.39, 0.29) is 51.6 Å². The topological polar surface area (TPSA) is 275 Å². The van der Waals surface area contributed by atoms with E-state index >= 15 is 0 Å². The van der Waals surface area contributed by atoms with Crippen LogP contribution in [-0.2, 0) is 33.2 Å². The van der Waals surface area contributed by atoms with Crippen LogP contribution in [-0.4, -0.2) is 168 Å². The van der Waals surface area contributed by atoms with E-state index in [0.29, 0.717) is 18.8 Å². The summed E-state index contributed by atoms with van der Waals surface area (Å²) in [6, 6.07) is 0. The number of hydrogen-bond acceptors (Lipinski definition) is 16. The van der Waals surface area contributed by atoms with Crippen molar-refractivity contribution in [2.24, 2.45) is 50.2 Å². The third kappa shape index (κ3) is 7.49. The SMILES string of the molecule is C[C@@H]1O[C@@H](O[C@H]2[C@H](O[C@H]3[C@H](O[C@H]4CC[C@@]5(C)[C@@H](CC[C@]6(C)[C@@H]5CC=C5[C@@H]7CC(C)(C)C[C@@H](O)[C@]7(C)CC[C@]56C)[C@@]4(C)CO)O[C@H](C(=O)O)[C@@H](O)[C@H]3O)OC[C@@H](O)[C@@H]2O)[C@H](O)[C@H](O)[C@H]1O. The summed E-state index contributed by atoms with van der Waals surface area (Å²) in [5, 5.41) is 109. The molecule has 0 spiro atoms. The van der Waals surface area contributed by atoms with E-state index in [1.165, 1.54) is 12.5 Å². The quantitative estimate of drug-likeness (QED) is 0.122. The van der Waals surface area contributed by atoms with Gasteiger partial charge in [-0.25, -0.2) is 4.79 Å². The summed E-state index contributed by atoms with van der Waals surface area (Å²) in [5.41, 5.74) is 0.0929. The molecule has 5 aliphatic carbocycles. The molecule has 0 radical (unpaired) electrons. The predicted molar refractivity (Wildman–Crippen MR) is 225 cm³/mol. The first kappa shape index (κ1) is 49.0. The van der Waals surface area contributed by atoms with Crippen LogP contribution in [0.5, 0.6) is 0 Å². The molecular formula is C47H76O17. The van der Waals surface area contributed by atoms with Crippen molar-refractivity contribution in [3.8, 4) is 0 Å². The number of allylic oxidation sites excluding steroid dienone is 2. The molecule has 24 atom stereocenters. The normalized spacial score (nSPS) is 56.1. The molecule has 10 N–H and O–H groups in total. The molecule has 3 aliphatic heterocycles. The molecule has 366 valence electrons. The average molecular weight is 913 g/mol. The van der Waals surface area contributed by atoms with E-state index < -0.39 is 110 Å². The van der Waals surface area contributed by atoms with Gasteiger partial charge in [0.1, 0.15) is 54.9 Å². The number of hydrogen-bond donors (Lipinski definition) is 10. The number of ether oxygens (including phenoxy) is 6. The van der Waals surface area contributed by atoms with Gasteiger partial charge >= 0.3 is 5.97 Å². The fourth-order valence-corrected chi connectivity index (χ4v) is 14.8. The first-order valence-electron chi connectivity index (χ1n) is 23.7. The van der Waals surface area contributed by atoms with E-state index in [1.54, 1.807) is 0 Å². The highest BCUT2D eigenvalue weighted by Crippen LogP contribution is 2.76. The van der Waals surface area contributed by atoms with Crippen molar-refractivity contribution < 1.29 is 84.3 Å². The summed E-state index contributed by atoms with van der Waals surface area (Å²) < 4.78 is 36.1. The number of carbonyl (C=O) groups is 1. The molecule has 0 bridgehead atoms. The molecule has 8 rings (SSSR count). The van der Waals surface area contributed by atoms with Crippen LogP contribution in [0.3, 0.4) is 0 Å². The summed E-state index contributed by atoms with van der Waals surface area (Å²) in [5.74, 6) is -1.05. The number of aliphatic hydroxyl groups is 9. The summed E-state index contributed by atoms with van der Waals surface area (Å²) in [7, 11) is 0. The molecule has 3 heterocycles. The van der Waals surface area contributed by atoms with Gasteiger partial charge in [-0.2, -0.15) is 0 Å². The van der Waals surface area contributed by atoms with Gasteiger partial charge in [-0.05, 0) is 104 Å². The first-order valence-corrected chi connectivity index (χ1v) is 23.7. The minimum absolute atomic E-state index is 0.0286. The maximum absolute atomic E-state index is 12.4. The van der Waals surface area contributed by atoms with Gasteiger partial charge in [0.15, 0.2) is 25.0 Å². The highest BCUT2D eigenvalue weighted by molar-refractivity contribution is 5.73. The maximum Gasteiger partial charge on any atom is 0.335 e. The van der Waals surface area contributed by atoms with Crippen molar-refractivity contribution in [3.05, 3.63) is 11.6 Å². The van der Waals surface area contributed by atoms with Crippen LogP contribution < -0.4 is 0 Å². The molecule has 4 saturated carbocycles. The summed E-state index contributed by atoms with van der Waals surface area (Å²) in [6.07, 6.45) is -14.5. The zero-order valence-electron chi connectivity index (χ0n) is 38.7. The number of rotatable bonds is 8. The molecule has 0 aromatic carbocycles. The van der Waals surface area contributed by atoms with Crippen LogP contribution in [0.15, 0.2) is 11.6 Å². The Balaban J connectivity index is 1.06. The Labute approximate surface area is 376 Å². The Kier molecular flexibility index (Phi) is 13.0. The molecule has 0 aromatic rings. The zero-order valence-corrected chi connectivity index (χ0v) is 38.7. The maximum atomic E-state index is 12.4. The fourth-order valence-electron chi connectivity index (χ4n) is 14.8. The Morgan fingerprint density at radius 3 is 2.05 bits per heavy atom. The largest absolute Gasteiger partial charge is 0.479 e. The summed E-state index contributed by atoms with van der Waals surface area (Å²) in [6.45, 7) is 16.8. The number of carboxylic acids is 1. The van der Waals surface area contributed by atoms with E-state index in [1.807, 2.05) is 6.92 Å². The van der Waals surface area contributed by atoms with E-state index in [9.17, 15) is 55.9 Å².